The zero-order valence-electron chi connectivity index (χ0n) is 7.41. The van der Waals surface area contributed by atoms with Gasteiger partial charge in [0.25, 0.3) is 0 Å². The molecule has 0 aliphatic rings. The number of ether oxygens (including phenoxy) is 1. The molecule has 5 nitrogen and oxygen atoms in total. The number of aryl methyl sites for hydroxylation is 1. The van der Waals surface area contributed by atoms with Crippen molar-refractivity contribution in [2.24, 2.45) is 0 Å². The van der Waals surface area contributed by atoms with Gasteiger partial charge >= 0.3 is 0 Å². The molecule has 0 spiro atoms. The van der Waals surface area contributed by atoms with E-state index in [9.17, 15) is 0 Å². The summed E-state index contributed by atoms with van der Waals surface area (Å²) in [4.78, 5) is 3.89. The van der Waals surface area contributed by atoms with Crippen molar-refractivity contribution in [3.8, 4) is 6.07 Å². The normalized spacial score (nSPS) is 9.85. The molecule has 70 valence electrons. The van der Waals surface area contributed by atoms with Crippen molar-refractivity contribution < 1.29 is 9.15 Å². The summed E-state index contributed by atoms with van der Waals surface area (Å²) in [6.45, 7) is 0.643. The molecule has 0 unspecified atom stereocenters. The summed E-state index contributed by atoms with van der Waals surface area (Å²) in [5.41, 5.74) is 5.53. The van der Waals surface area contributed by atoms with Gasteiger partial charge in [0.05, 0.1) is 0 Å². The molecule has 1 aromatic rings. The summed E-state index contributed by atoms with van der Waals surface area (Å²) in [5.74, 6) is 0.584. The molecule has 0 saturated carbocycles. The maximum Gasteiger partial charge on any atom is 0.229 e. The van der Waals surface area contributed by atoms with Crippen LogP contribution >= 0.6 is 0 Å². The van der Waals surface area contributed by atoms with Crippen LogP contribution in [0.15, 0.2) is 4.42 Å². The Hall–Kier alpha value is -1.54. The van der Waals surface area contributed by atoms with Gasteiger partial charge in [0, 0.05) is 20.1 Å². The molecule has 13 heavy (non-hydrogen) atoms. The fourth-order valence-electron chi connectivity index (χ4n) is 0.933. The second-order valence-electron chi connectivity index (χ2n) is 2.53. The lowest BCUT2D eigenvalue weighted by molar-refractivity contribution is 0.193. The number of hydrogen-bond donors (Lipinski definition) is 1. The van der Waals surface area contributed by atoms with E-state index in [-0.39, 0.29) is 11.6 Å². The first-order chi connectivity index (χ1) is 6.27. The zero-order chi connectivity index (χ0) is 9.68. The lowest BCUT2D eigenvalue weighted by Crippen LogP contribution is -1.92. The molecule has 0 aromatic carbocycles. The highest BCUT2D eigenvalue weighted by Crippen LogP contribution is 2.12. The van der Waals surface area contributed by atoms with E-state index in [1.54, 1.807) is 7.11 Å². The Morgan fingerprint density at radius 3 is 3.00 bits per heavy atom. The number of nitrogen functional groups attached to an aromatic ring is 1. The Bertz CT molecular complexity index is 314. The van der Waals surface area contributed by atoms with Crippen LogP contribution < -0.4 is 5.73 Å². The topological polar surface area (TPSA) is 85.1 Å². The van der Waals surface area contributed by atoms with Crippen LogP contribution in [0.5, 0.6) is 0 Å². The van der Waals surface area contributed by atoms with Gasteiger partial charge < -0.3 is 14.9 Å². The molecule has 0 aliphatic carbocycles. The minimum atomic E-state index is 0.0925. The Morgan fingerprint density at radius 1 is 1.69 bits per heavy atom. The number of hydrogen-bond acceptors (Lipinski definition) is 5. The molecule has 1 rings (SSSR count). The summed E-state index contributed by atoms with van der Waals surface area (Å²) < 4.78 is 9.90. The molecule has 1 heterocycles. The summed E-state index contributed by atoms with van der Waals surface area (Å²) >= 11 is 0. The van der Waals surface area contributed by atoms with Gasteiger partial charge in [-0.2, -0.15) is 5.26 Å². The predicted molar refractivity (Wildman–Crippen MR) is 45.8 cm³/mol. The second kappa shape index (κ2) is 4.48. The summed E-state index contributed by atoms with van der Waals surface area (Å²) in [7, 11) is 1.63. The number of nitrogens with two attached hydrogens (primary N) is 1. The molecule has 0 aliphatic heterocycles. The first-order valence-electron chi connectivity index (χ1n) is 3.92. The Kier molecular flexibility index (Phi) is 3.29. The number of anilines is 1. The van der Waals surface area contributed by atoms with Crippen molar-refractivity contribution in [1.82, 2.24) is 4.98 Å². The van der Waals surface area contributed by atoms with Crippen molar-refractivity contribution in [2.45, 2.75) is 12.8 Å². The molecular formula is C8H11N3O2. The van der Waals surface area contributed by atoms with E-state index < -0.39 is 0 Å². The smallest absolute Gasteiger partial charge is 0.229 e. The Labute approximate surface area is 76.1 Å². The minimum Gasteiger partial charge on any atom is -0.424 e. The average molecular weight is 181 g/mol. The Morgan fingerprint density at radius 2 is 2.46 bits per heavy atom. The van der Waals surface area contributed by atoms with Crippen molar-refractivity contribution in [1.29, 1.82) is 5.26 Å². The maximum atomic E-state index is 8.53. The lowest BCUT2D eigenvalue weighted by Gasteiger charge is -1.93. The van der Waals surface area contributed by atoms with Crippen LogP contribution in [0.25, 0.3) is 0 Å². The van der Waals surface area contributed by atoms with Crippen LogP contribution in [-0.4, -0.2) is 18.7 Å². The number of oxazole rings is 1. The van der Waals surface area contributed by atoms with E-state index in [1.807, 2.05) is 6.07 Å². The quantitative estimate of drug-likeness (QED) is 0.691. The summed E-state index contributed by atoms with van der Waals surface area (Å²) in [5, 5.41) is 8.53. The van der Waals surface area contributed by atoms with Gasteiger partial charge in [0.2, 0.25) is 11.6 Å². The summed E-state index contributed by atoms with van der Waals surface area (Å²) in [6, 6.07) is 1.84. The SMILES string of the molecule is COCCCc1nc(C#N)c(N)o1. The van der Waals surface area contributed by atoms with E-state index in [4.69, 9.17) is 20.1 Å². The fraction of sp³-hybridized carbons (Fsp3) is 0.500. The van der Waals surface area contributed by atoms with Crippen LogP contribution in [-0.2, 0) is 11.2 Å². The standard InChI is InChI=1S/C8H11N3O2/c1-12-4-2-3-7-11-6(5-9)8(10)13-7/h2-4,10H2,1H3. The molecule has 0 atom stereocenters. The van der Waals surface area contributed by atoms with Gasteiger partial charge in [-0.25, -0.2) is 4.98 Å². The van der Waals surface area contributed by atoms with Crippen LogP contribution in [0.2, 0.25) is 0 Å². The first-order valence-corrected chi connectivity index (χ1v) is 3.92. The van der Waals surface area contributed by atoms with E-state index in [1.165, 1.54) is 0 Å². The number of methoxy groups -OCH3 is 1. The van der Waals surface area contributed by atoms with Gasteiger partial charge in [0.15, 0.2) is 5.89 Å². The van der Waals surface area contributed by atoms with E-state index >= 15 is 0 Å². The van der Waals surface area contributed by atoms with Gasteiger partial charge in [-0.1, -0.05) is 0 Å². The zero-order valence-corrected chi connectivity index (χ0v) is 7.41. The fourth-order valence-corrected chi connectivity index (χ4v) is 0.933. The van der Waals surface area contributed by atoms with E-state index in [2.05, 4.69) is 4.98 Å². The number of rotatable bonds is 4. The highest BCUT2D eigenvalue weighted by atomic mass is 16.5. The third-order valence-electron chi connectivity index (χ3n) is 1.54. The van der Waals surface area contributed by atoms with E-state index in [0.29, 0.717) is 18.9 Å². The predicted octanol–water partition coefficient (Wildman–Crippen LogP) is 0.707. The molecule has 0 fully saturated rings. The van der Waals surface area contributed by atoms with Crippen LogP contribution in [0.3, 0.4) is 0 Å². The van der Waals surface area contributed by atoms with E-state index in [0.717, 1.165) is 6.42 Å². The largest absolute Gasteiger partial charge is 0.424 e. The summed E-state index contributed by atoms with van der Waals surface area (Å²) in [6.07, 6.45) is 1.45. The van der Waals surface area contributed by atoms with Crippen molar-refractivity contribution in [3.63, 3.8) is 0 Å². The van der Waals surface area contributed by atoms with Crippen LogP contribution in [0.1, 0.15) is 18.0 Å². The molecular weight excluding hydrogens is 170 g/mol. The molecule has 0 bridgehead atoms. The monoisotopic (exact) mass is 181 g/mol. The third-order valence-corrected chi connectivity index (χ3v) is 1.54. The van der Waals surface area contributed by atoms with Crippen molar-refractivity contribution in [3.05, 3.63) is 11.6 Å². The van der Waals surface area contributed by atoms with Crippen molar-refractivity contribution in [2.75, 3.05) is 19.5 Å². The molecule has 2 N–H and O–H groups in total. The Balaban J connectivity index is 2.54. The minimum absolute atomic E-state index is 0.0925. The van der Waals surface area contributed by atoms with Gasteiger partial charge in [0.1, 0.15) is 6.07 Å². The highest BCUT2D eigenvalue weighted by molar-refractivity contribution is 5.40. The number of nitrogens with zero attached hydrogens (tertiary/aromatic N) is 2. The lowest BCUT2D eigenvalue weighted by atomic mass is 10.3. The average Bonchev–Trinajstić information content (AvgIpc) is 2.47. The maximum absolute atomic E-state index is 8.53. The van der Waals surface area contributed by atoms with Crippen LogP contribution in [0, 0.1) is 11.3 Å². The van der Waals surface area contributed by atoms with Gasteiger partial charge in [-0.15, -0.1) is 0 Å². The molecule has 0 saturated heterocycles. The highest BCUT2D eigenvalue weighted by Gasteiger charge is 2.08. The van der Waals surface area contributed by atoms with Crippen LogP contribution in [0.4, 0.5) is 5.88 Å². The molecule has 1 aromatic heterocycles. The second-order valence-corrected chi connectivity index (χ2v) is 2.53. The van der Waals surface area contributed by atoms with Gasteiger partial charge in [-0.3, -0.25) is 0 Å². The van der Waals surface area contributed by atoms with Crippen molar-refractivity contribution >= 4 is 5.88 Å². The molecule has 0 amide bonds. The number of nitriles is 1. The molecule has 0 radical (unpaired) electrons. The third kappa shape index (κ3) is 2.46. The van der Waals surface area contributed by atoms with Gasteiger partial charge in [-0.05, 0) is 6.42 Å². The molecule has 5 heteroatoms. The first kappa shape index (κ1) is 9.55. The number of aromatic nitrogens is 1.